The van der Waals surface area contributed by atoms with E-state index in [4.69, 9.17) is 9.47 Å². The number of hydrogen-bond donors (Lipinski definition) is 1. The number of ether oxygens (including phenoxy) is 2. The van der Waals surface area contributed by atoms with Crippen LogP contribution >= 0.6 is 0 Å². The summed E-state index contributed by atoms with van der Waals surface area (Å²) in [6.45, 7) is 2.02. The first kappa shape index (κ1) is 20.3. The molecule has 0 aliphatic carbocycles. The van der Waals surface area contributed by atoms with Gasteiger partial charge in [-0.25, -0.2) is 0 Å². The Balaban J connectivity index is 1.78. The second-order valence-electron chi connectivity index (χ2n) is 6.49. The number of nitrogens with one attached hydrogen (secondary N) is 1. The molecule has 0 saturated carbocycles. The molecule has 0 unspecified atom stereocenters. The van der Waals surface area contributed by atoms with E-state index in [0.717, 1.165) is 22.4 Å². The fraction of sp³-hybridized carbons (Fsp3) is 0.333. The van der Waals surface area contributed by atoms with Gasteiger partial charge in [0.05, 0.1) is 13.5 Å². The second-order valence-corrected chi connectivity index (χ2v) is 6.49. The van der Waals surface area contributed by atoms with E-state index >= 15 is 0 Å². The number of methoxy groups -OCH3 is 1. The van der Waals surface area contributed by atoms with Crippen LogP contribution in [0.1, 0.15) is 16.7 Å². The summed E-state index contributed by atoms with van der Waals surface area (Å²) < 4.78 is 10.3. The minimum Gasteiger partial charge on any atom is -0.496 e. The van der Waals surface area contributed by atoms with Crippen molar-refractivity contribution in [1.29, 1.82) is 0 Å². The van der Waals surface area contributed by atoms with Crippen molar-refractivity contribution in [2.45, 2.75) is 19.9 Å². The zero-order valence-corrected chi connectivity index (χ0v) is 16.2. The molecule has 27 heavy (non-hydrogen) atoms. The monoisotopic (exact) mass is 370 g/mol. The van der Waals surface area contributed by atoms with Crippen molar-refractivity contribution in [3.05, 3.63) is 59.2 Å². The van der Waals surface area contributed by atoms with Crippen molar-refractivity contribution in [3.63, 3.8) is 0 Å². The molecule has 0 bridgehead atoms. The third-order valence-electron chi connectivity index (χ3n) is 4.08. The van der Waals surface area contributed by atoms with Crippen molar-refractivity contribution < 1.29 is 19.1 Å². The van der Waals surface area contributed by atoms with E-state index in [1.807, 2.05) is 68.4 Å². The number of anilines is 1. The van der Waals surface area contributed by atoms with Crippen molar-refractivity contribution in [2.24, 2.45) is 0 Å². The zero-order chi connectivity index (χ0) is 19.8. The first-order chi connectivity index (χ1) is 12.9. The molecule has 0 radical (unpaired) electrons. The van der Waals surface area contributed by atoms with Gasteiger partial charge in [-0.2, -0.15) is 0 Å². The predicted molar refractivity (Wildman–Crippen MR) is 105 cm³/mol. The van der Waals surface area contributed by atoms with Crippen molar-refractivity contribution >= 4 is 17.6 Å². The van der Waals surface area contributed by atoms with Gasteiger partial charge in [-0.1, -0.05) is 29.8 Å². The number of nitrogens with zero attached hydrogens (tertiary/aromatic N) is 1. The maximum atomic E-state index is 12.0. The Morgan fingerprint density at radius 2 is 1.78 bits per heavy atom. The molecule has 2 aromatic rings. The SMILES string of the molecule is COc1ccc(C)cc1CC(=O)OCC(=O)NCc1ccc(N(C)C)cc1. The minimum atomic E-state index is -0.468. The molecule has 1 N–H and O–H groups in total. The van der Waals surface area contributed by atoms with Gasteiger partial charge in [-0.15, -0.1) is 0 Å². The van der Waals surface area contributed by atoms with Crippen molar-refractivity contribution in [2.75, 3.05) is 32.7 Å². The molecule has 0 saturated heterocycles. The molecule has 0 aliphatic heterocycles. The summed E-state index contributed by atoms with van der Waals surface area (Å²) in [5, 5.41) is 2.74. The molecule has 2 aromatic carbocycles. The summed E-state index contributed by atoms with van der Waals surface area (Å²) in [4.78, 5) is 25.9. The van der Waals surface area contributed by atoms with Crippen LogP contribution in [-0.2, 0) is 27.3 Å². The number of hydrogen-bond acceptors (Lipinski definition) is 5. The Morgan fingerprint density at radius 1 is 1.07 bits per heavy atom. The lowest BCUT2D eigenvalue weighted by atomic mass is 10.1. The van der Waals surface area contributed by atoms with Crippen LogP contribution < -0.4 is 15.0 Å². The summed E-state index contributed by atoms with van der Waals surface area (Å²) in [7, 11) is 5.49. The number of carbonyl (C=O) groups is 2. The highest BCUT2D eigenvalue weighted by Gasteiger charge is 2.12. The smallest absolute Gasteiger partial charge is 0.310 e. The normalized spacial score (nSPS) is 10.2. The Hall–Kier alpha value is -3.02. The third-order valence-corrected chi connectivity index (χ3v) is 4.08. The number of esters is 1. The molecule has 6 nitrogen and oxygen atoms in total. The number of carbonyl (C=O) groups excluding carboxylic acids is 2. The van der Waals surface area contributed by atoms with E-state index in [9.17, 15) is 9.59 Å². The molecule has 0 heterocycles. The molecule has 0 fully saturated rings. The average molecular weight is 370 g/mol. The van der Waals surface area contributed by atoms with E-state index in [1.54, 1.807) is 7.11 Å². The fourth-order valence-electron chi connectivity index (χ4n) is 2.56. The average Bonchev–Trinajstić information content (AvgIpc) is 2.65. The maximum Gasteiger partial charge on any atom is 0.310 e. The van der Waals surface area contributed by atoms with Gasteiger partial charge in [-0.3, -0.25) is 9.59 Å². The van der Waals surface area contributed by atoms with Gasteiger partial charge in [0.15, 0.2) is 6.61 Å². The van der Waals surface area contributed by atoms with Gasteiger partial charge >= 0.3 is 5.97 Å². The summed E-state index contributed by atoms with van der Waals surface area (Å²) in [5.74, 6) is -0.177. The van der Waals surface area contributed by atoms with Crippen molar-refractivity contribution in [1.82, 2.24) is 5.32 Å². The molecular weight excluding hydrogens is 344 g/mol. The van der Waals surface area contributed by atoms with E-state index in [-0.39, 0.29) is 18.9 Å². The van der Waals surface area contributed by atoms with Gasteiger partial charge in [0, 0.05) is 31.9 Å². The van der Waals surface area contributed by atoms with Crippen molar-refractivity contribution in [3.8, 4) is 5.75 Å². The van der Waals surface area contributed by atoms with Gasteiger partial charge in [0.1, 0.15) is 5.75 Å². The van der Waals surface area contributed by atoms with E-state index < -0.39 is 5.97 Å². The molecule has 144 valence electrons. The third kappa shape index (κ3) is 6.33. The van der Waals surface area contributed by atoms with Crippen LogP contribution in [0, 0.1) is 6.92 Å². The van der Waals surface area contributed by atoms with E-state index in [2.05, 4.69) is 5.32 Å². The Labute approximate surface area is 160 Å². The second kappa shape index (κ2) is 9.62. The van der Waals surface area contributed by atoms with E-state index in [1.165, 1.54) is 0 Å². The lowest BCUT2D eigenvalue weighted by Crippen LogP contribution is -2.28. The highest BCUT2D eigenvalue weighted by molar-refractivity contribution is 5.81. The molecule has 2 rings (SSSR count). The zero-order valence-electron chi connectivity index (χ0n) is 16.2. The topological polar surface area (TPSA) is 67.9 Å². The number of amides is 1. The lowest BCUT2D eigenvalue weighted by Gasteiger charge is -2.13. The van der Waals surface area contributed by atoms with Gasteiger partial charge in [0.25, 0.3) is 5.91 Å². The molecule has 1 amide bonds. The minimum absolute atomic E-state index is 0.0597. The van der Waals surface area contributed by atoms with Crippen LogP contribution in [0.3, 0.4) is 0 Å². The highest BCUT2D eigenvalue weighted by Crippen LogP contribution is 2.20. The van der Waals surface area contributed by atoms with Crippen LogP contribution in [0.2, 0.25) is 0 Å². The lowest BCUT2D eigenvalue weighted by molar-refractivity contribution is -0.147. The van der Waals surface area contributed by atoms with Crippen LogP contribution in [0.4, 0.5) is 5.69 Å². The highest BCUT2D eigenvalue weighted by atomic mass is 16.5. The molecule has 0 atom stereocenters. The molecule has 0 aromatic heterocycles. The van der Waals surface area contributed by atoms with Gasteiger partial charge in [-0.05, 0) is 30.7 Å². The summed E-state index contributed by atoms with van der Waals surface area (Å²) >= 11 is 0. The Morgan fingerprint density at radius 3 is 2.41 bits per heavy atom. The molecule has 6 heteroatoms. The van der Waals surface area contributed by atoms with Crippen LogP contribution in [-0.4, -0.2) is 39.7 Å². The summed E-state index contributed by atoms with van der Waals surface area (Å²) in [6, 6.07) is 13.5. The largest absolute Gasteiger partial charge is 0.496 e. The van der Waals surface area contributed by atoms with Crippen LogP contribution in [0.25, 0.3) is 0 Å². The maximum absolute atomic E-state index is 12.0. The van der Waals surface area contributed by atoms with Gasteiger partial charge < -0.3 is 19.7 Å². The Kier molecular flexibility index (Phi) is 7.23. The first-order valence-corrected chi connectivity index (χ1v) is 8.71. The number of rotatable bonds is 8. The van der Waals surface area contributed by atoms with E-state index in [0.29, 0.717) is 12.3 Å². The standard InChI is InChI=1S/C21H26N2O4/c1-15-5-10-19(26-4)17(11-15)12-21(25)27-14-20(24)22-13-16-6-8-18(9-7-16)23(2)3/h5-11H,12-14H2,1-4H3,(H,22,24). The van der Waals surface area contributed by atoms with Crippen LogP contribution in [0.5, 0.6) is 5.75 Å². The molecule has 0 aliphatic rings. The quantitative estimate of drug-likeness (QED) is 0.723. The fourth-order valence-corrected chi connectivity index (χ4v) is 2.56. The summed E-state index contributed by atoms with van der Waals surface area (Å²) in [5.41, 5.74) is 3.83. The van der Waals surface area contributed by atoms with Crippen LogP contribution in [0.15, 0.2) is 42.5 Å². The molecule has 0 spiro atoms. The molecular formula is C21H26N2O4. The number of benzene rings is 2. The number of aryl methyl sites for hydroxylation is 1. The first-order valence-electron chi connectivity index (χ1n) is 8.71. The Bertz CT molecular complexity index is 785. The van der Waals surface area contributed by atoms with Gasteiger partial charge in [0.2, 0.25) is 0 Å². The summed E-state index contributed by atoms with van der Waals surface area (Å²) in [6.07, 6.45) is 0.0597. The predicted octanol–water partition coefficient (Wildman–Crippen LogP) is 2.47.